The zero-order chi connectivity index (χ0) is 15.8. The molecule has 0 bridgehead atoms. The highest BCUT2D eigenvalue weighted by Crippen LogP contribution is 2.06. The molecular formula is C16H25N3O2. The molecule has 0 spiro atoms. The molecule has 0 fully saturated rings. The third kappa shape index (κ3) is 5.95. The van der Waals surface area contributed by atoms with Crippen LogP contribution >= 0.6 is 0 Å². The molecule has 0 saturated carbocycles. The van der Waals surface area contributed by atoms with Crippen LogP contribution < -0.4 is 16.4 Å². The maximum absolute atomic E-state index is 12.1. The Labute approximate surface area is 126 Å². The fraction of sp³-hybridized carbons (Fsp3) is 0.500. The minimum atomic E-state index is -0.561. The third-order valence-corrected chi connectivity index (χ3v) is 3.05. The van der Waals surface area contributed by atoms with Crippen LogP contribution in [-0.2, 0) is 11.2 Å². The van der Waals surface area contributed by atoms with E-state index in [9.17, 15) is 9.59 Å². The molecule has 0 aromatic heterocycles. The van der Waals surface area contributed by atoms with Crippen molar-refractivity contribution in [2.45, 2.75) is 33.2 Å². The lowest BCUT2D eigenvalue weighted by molar-refractivity contribution is -0.122. The molecular weight excluding hydrogens is 266 g/mol. The predicted molar refractivity (Wildman–Crippen MR) is 84.0 cm³/mol. The molecule has 5 nitrogen and oxygen atoms in total. The summed E-state index contributed by atoms with van der Waals surface area (Å²) in [6.07, 6.45) is 0.728. The molecule has 0 aliphatic carbocycles. The molecule has 0 heterocycles. The molecule has 1 atom stereocenters. The number of nitrogens with one attached hydrogen (secondary N) is 2. The van der Waals surface area contributed by atoms with Gasteiger partial charge in [0.15, 0.2) is 0 Å². The van der Waals surface area contributed by atoms with Crippen molar-refractivity contribution in [2.75, 3.05) is 13.1 Å². The second-order valence-corrected chi connectivity index (χ2v) is 5.57. The van der Waals surface area contributed by atoms with Gasteiger partial charge in [0.25, 0.3) is 5.91 Å². The van der Waals surface area contributed by atoms with Gasteiger partial charge < -0.3 is 16.4 Å². The molecule has 21 heavy (non-hydrogen) atoms. The average Bonchev–Trinajstić information content (AvgIpc) is 2.45. The molecule has 0 radical (unpaired) electrons. The van der Waals surface area contributed by atoms with Crippen molar-refractivity contribution in [3.05, 3.63) is 35.4 Å². The van der Waals surface area contributed by atoms with E-state index in [1.165, 1.54) is 0 Å². The second kappa shape index (κ2) is 8.42. The van der Waals surface area contributed by atoms with Crippen molar-refractivity contribution in [2.24, 2.45) is 11.7 Å². The van der Waals surface area contributed by atoms with Crippen LogP contribution in [0.3, 0.4) is 0 Å². The zero-order valence-corrected chi connectivity index (χ0v) is 13.0. The zero-order valence-electron chi connectivity index (χ0n) is 13.0. The Morgan fingerprint density at radius 2 is 1.95 bits per heavy atom. The van der Waals surface area contributed by atoms with Crippen LogP contribution in [0.1, 0.15) is 36.7 Å². The topological polar surface area (TPSA) is 84.2 Å². The molecule has 1 aromatic rings. The number of carbonyl (C=O) groups excluding carboxylic acids is 2. The van der Waals surface area contributed by atoms with E-state index in [4.69, 9.17) is 5.73 Å². The smallest absolute Gasteiger partial charge is 0.251 e. The summed E-state index contributed by atoms with van der Waals surface area (Å²) >= 11 is 0. The highest BCUT2D eigenvalue weighted by Gasteiger charge is 2.16. The lowest BCUT2D eigenvalue weighted by atomic mass is 10.1. The molecule has 116 valence electrons. The maximum Gasteiger partial charge on any atom is 0.251 e. The van der Waals surface area contributed by atoms with Gasteiger partial charge in [-0.2, -0.15) is 0 Å². The van der Waals surface area contributed by atoms with Crippen LogP contribution in [0.25, 0.3) is 0 Å². The monoisotopic (exact) mass is 291 g/mol. The number of hydrogen-bond acceptors (Lipinski definition) is 3. The van der Waals surface area contributed by atoms with E-state index in [0.717, 1.165) is 12.0 Å². The van der Waals surface area contributed by atoms with Gasteiger partial charge in [-0.05, 0) is 43.5 Å². The van der Waals surface area contributed by atoms with Crippen LogP contribution in [0.4, 0.5) is 0 Å². The average molecular weight is 291 g/mol. The Morgan fingerprint density at radius 3 is 2.57 bits per heavy atom. The van der Waals surface area contributed by atoms with Crippen LogP contribution in [0.15, 0.2) is 24.3 Å². The SMILES string of the molecule is CC(C)CNC(=O)C(C)NC(=O)c1cccc(CCN)c1. The van der Waals surface area contributed by atoms with Gasteiger partial charge in [0.1, 0.15) is 6.04 Å². The molecule has 4 N–H and O–H groups in total. The van der Waals surface area contributed by atoms with Gasteiger partial charge in [0, 0.05) is 12.1 Å². The van der Waals surface area contributed by atoms with E-state index in [2.05, 4.69) is 10.6 Å². The van der Waals surface area contributed by atoms with E-state index in [1.807, 2.05) is 26.0 Å². The van der Waals surface area contributed by atoms with Crippen LogP contribution in [0.2, 0.25) is 0 Å². The van der Waals surface area contributed by atoms with Gasteiger partial charge in [-0.25, -0.2) is 0 Å². The molecule has 1 aromatic carbocycles. The minimum absolute atomic E-state index is 0.171. The fourth-order valence-corrected chi connectivity index (χ4v) is 1.84. The summed E-state index contributed by atoms with van der Waals surface area (Å²) in [5.41, 5.74) is 7.07. The summed E-state index contributed by atoms with van der Waals surface area (Å²) in [6.45, 7) is 6.86. The van der Waals surface area contributed by atoms with E-state index < -0.39 is 6.04 Å². The van der Waals surface area contributed by atoms with Gasteiger partial charge >= 0.3 is 0 Å². The van der Waals surface area contributed by atoms with Crippen LogP contribution in [-0.4, -0.2) is 30.9 Å². The first kappa shape index (κ1) is 17.2. The van der Waals surface area contributed by atoms with Gasteiger partial charge in [-0.1, -0.05) is 26.0 Å². The Kier molecular flexibility index (Phi) is 6.88. The predicted octanol–water partition coefficient (Wildman–Crippen LogP) is 1.08. The van der Waals surface area contributed by atoms with Gasteiger partial charge in [-0.15, -0.1) is 0 Å². The van der Waals surface area contributed by atoms with Crippen molar-refractivity contribution >= 4 is 11.8 Å². The molecule has 1 rings (SSSR count). The lowest BCUT2D eigenvalue weighted by Gasteiger charge is -2.15. The largest absolute Gasteiger partial charge is 0.354 e. The standard InChI is InChI=1S/C16H25N3O2/c1-11(2)10-18-15(20)12(3)19-16(21)14-6-4-5-13(9-14)7-8-17/h4-6,9,11-12H,7-8,10,17H2,1-3H3,(H,18,20)(H,19,21). The number of nitrogens with two attached hydrogens (primary N) is 1. The summed E-state index contributed by atoms with van der Waals surface area (Å²) in [5, 5.41) is 5.51. The molecule has 5 heteroatoms. The normalized spacial score (nSPS) is 12.0. The number of hydrogen-bond donors (Lipinski definition) is 3. The highest BCUT2D eigenvalue weighted by molar-refractivity contribution is 5.97. The van der Waals surface area contributed by atoms with Crippen molar-refractivity contribution in [3.8, 4) is 0 Å². The summed E-state index contributed by atoms with van der Waals surface area (Å²) in [6, 6.07) is 6.73. The van der Waals surface area contributed by atoms with E-state index in [0.29, 0.717) is 24.6 Å². The Hall–Kier alpha value is -1.88. The Morgan fingerprint density at radius 1 is 1.24 bits per heavy atom. The molecule has 0 saturated heterocycles. The second-order valence-electron chi connectivity index (χ2n) is 5.57. The van der Waals surface area contributed by atoms with Crippen molar-refractivity contribution < 1.29 is 9.59 Å². The Bertz CT molecular complexity index is 486. The third-order valence-electron chi connectivity index (χ3n) is 3.05. The Balaban J connectivity index is 2.59. The van der Waals surface area contributed by atoms with Crippen molar-refractivity contribution in [1.29, 1.82) is 0 Å². The number of benzene rings is 1. The van der Waals surface area contributed by atoms with E-state index in [1.54, 1.807) is 19.1 Å². The summed E-state index contributed by atoms with van der Waals surface area (Å²) in [5.74, 6) is -0.0407. The van der Waals surface area contributed by atoms with Gasteiger partial charge in [0.05, 0.1) is 0 Å². The number of amides is 2. The van der Waals surface area contributed by atoms with Crippen LogP contribution in [0, 0.1) is 5.92 Å². The number of carbonyl (C=O) groups is 2. The first-order valence-corrected chi connectivity index (χ1v) is 7.31. The molecule has 0 aliphatic heterocycles. The van der Waals surface area contributed by atoms with Gasteiger partial charge in [-0.3, -0.25) is 9.59 Å². The molecule has 2 amide bonds. The van der Waals surface area contributed by atoms with Crippen molar-refractivity contribution in [3.63, 3.8) is 0 Å². The maximum atomic E-state index is 12.1. The highest BCUT2D eigenvalue weighted by atomic mass is 16.2. The first-order chi connectivity index (χ1) is 9.93. The van der Waals surface area contributed by atoms with Gasteiger partial charge in [0.2, 0.25) is 5.91 Å². The molecule has 1 unspecified atom stereocenters. The lowest BCUT2D eigenvalue weighted by Crippen LogP contribution is -2.45. The number of rotatable bonds is 7. The van der Waals surface area contributed by atoms with E-state index >= 15 is 0 Å². The first-order valence-electron chi connectivity index (χ1n) is 7.31. The fourth-order valence-electron chi connectivity index (χ4n) is 1.84. The quantitative estimate of drug-likeness (QED) is 0.703. The summed E-state index contributed by atoms with van der Waals surface area (Å²) < 4.78 is 0. The molecule has 0 aliphatic rings. The minimum Gasteiger partial charge on any atom is -0.354 e. The van der Waals surface area contributed by atoms with Crippen molar-refractivity contribution in [1.82, 2.24) is 10.6 Å². The van der Waals surface area contributed by atoms with Crippen LogP contribution in [0.5, 0.6) is 0 Å². The summed E-state index contributed by atoms with van der Waals surface area (Å²) in [7, 11) is 0. The summed E-state index contributed by atoms with van der Waals surface area (Å²) in [4.78, 5) is 24.0. The van der Waals surface area contributed by atoms with E-state index in [-0.39, 0.29) is 11.8 Å².